The first-order valence-electron chi connectivity index (χ1n) is 8.21. The van der Waals surface area contributed by atoms with Gasteiger partial charge in [0.05, 0.1) is 9.21 Å². The number of anilines is 2. The molecule has 1 aliphatic heterocycles. The Labute approximate surface area is 152 Å². The summed E-state index contributed by atoms with van der Waals surface area (Å²) in [5.74, 6) is -0.112. The maximum Gasteiger partial charge on any atom is 0.265 e. The van der Waals surface area contributed by atoms with Crippen LogP contribution in [0.2, 0.25) is 4.34 Å². The standard InChI is InChI=1S/C18H22ClN3OS/c1-3-21-8-10-22(11-9-21)14-4-5-15(13(2)12-14)20-18(23)16-6-7-17(19)24-16/h4-7,12H,3,8-11H2,1-2H3,(H,20,23). The molecule has 3 rings (SSSR count). The van der Waals surface area contributed by atoms with Crippen molar-refractivity contribution in [2.24, 2.45) is 0 Å². The van der Waals surface area contributed by atoms with Gasteiger partial charge in [0.2, 0.25) is 0 Å². The molecule has 1 N–H and O–H groups in total. The van der Waals surface area contributed by atoms with Gasteiger partial charge < -0.3 is 15.1 Å². The van der Waals surface area contributed by atoms with Gasteiger partial charge in [-0.2, -0.15) is 0 Å². The highest BCUT2D eigenvalue weighted by Crippen LogP contribution is 2.26. The molecule has 1 amide bonds. The van der Waals surface area contributed by atoms with Gasteiger partial charge in [-0.3, -0.25) is 4.79 Å². The average molecular weight is 364 g/mol. The van der Waals surface area contributed by atoms with Gasteiger partial charge in [0, 0.05) is 37.6 Å². The zero-order valence-corrected chi connectivity index (χ0v) is 15.6. The van der Waals surface area contributed by atoms with Crippen molar-refractivity contribution >= 4 is 40.2 Å². The van der Waals surface area contributed by atoms with Crippen LogP contribution in [0.5, 0.6) is 0 Å². The number of rotatable bonds is 4. The van der Waals surface area contributed by atoms with E-state index in [2.05, 4.69) is 34.2 Å². The Morgan fingerprint density at radius 3 is 2.54 bits per heavy atom. The minimum absolute atomic E-state index is 0.112. The van der Waals surface area contributed by atoms with Crippen molar-refractivity contribution in [2.75, 3.05) is 42.9 Å². The van der Waals surface area contributed by atoms with E-state index in [1.54, 1.807) is 12.1 Å². The summed E-state index contributed by atoms with van der Waals surface area (Å²) in [4.78, 5) is 17.8. The second kappa shape index (κ2) is 7.55. The fourth-order valence-electron chi connectivity index (χ4n) is 2.93. The van der Waals surface area contributed by atoms with Gasteiger partial charge in [-0.05, 0) is 49.4 Å². The minimum Gasteiger partial charge on any atom is -0.369 e. The Balaban J connectivity index is 1.67. The lowest BCUT2D eigenvalue weighted by Gasteiger charge is -2.35. The molecule has 1 fully saturated rings. The summed E-state index contributed by atoms with van der Waals surface area (Å²) < 4.78 is 0.624. The van der Waals surface area contributed by atoms with Crippen LogP contribution in [0, 0.1) is 6.92 Å². The van der Waals surface area contributed by atoms with Crippen molar-refractivity contribution in [1.29, 1.82) is 0 Å². The molecule has 0 unspecified atom stereocenters. The van der Waals surface area contributed by atoms with Crippen LogP contribution in [-0.2, 0) is 0 Å². The summed E-state index contributed by atoms with van der Waals surface area (Å²) in [7, 11) is 0. The number of nitrogens with zero attached hydrogens (tertiary/aromatic N) is 2. The highest BCUT2D eigenvalue weighted by molar-refractivity contribution is 7.18. The highest BCUT2D eigenvalue weighted by Gasteiger charge is 2.17. The van der Waals surface area contributed by atoms with Crippen LogP contribution < -0.4 is 10.2 Å². The molecule has 4 nitrogen and oxygen atoms in total. The monoisotopic (exact) mass is 363 g/mol. The topological polar surface area (TPSA) is 35.6 Å². The van der Waals surface area contributed by atoms with E-state index in [0.717, 1.165) is 44.0 Å². The number of thiophene rings is 1. The van der Waals surface area contributed by atoms with Gasteiger partial charge in [-0.15, -0.1) is 11.3 Å². The number of nitrogens with one attached hydrogen (secondary N) is 1. The summed E-state index contributed by atoms with van der Waals surface area (Å²) >= 11 is 7.19. The van der Waals surface area contributed by atoms with Gasteiger partial charge in [0.1, 0.15) is 0 Å². The number of benzene rings is 1. The molecule has 6 heteroatoms. The zero-order chi connectivity index (χ0) is 17.1. The first-order valence-corrected chi connectivity index (χ1v) is 9.41. The summed E-state index contributed by atoms with van der Waals surface area (Å²) in [6.45, 7) is 9.66. The van der Waals surface area contributed by atoms with Crippen LogP contribution >= 0.6 is 22.9 Å². The van der Waals surface area contributed by atoms with E-state index in [1.807, 2.05) is 13.0 Å². The van der Waals surface area contributed by atoms with Crippen LogP contribution in [0.3, 0.4) is 0 Å². The second-order valence-corrected chi connectivity index (χ2v) is 7.69. The minimum atomic E-state index is -0.112. The lowest BCUT2D eigenvalue weighted by atomic mass is 10.1. The van der Waals surface area contributed by atoms with E-state index in [4.69, 9.17) is 11.6 Å². The lowest BCUT2D eigenvalue weighted by molar-refractivity contribution is 0.103. The van der Waals surface area contributed by atoms with Crippen LogP contribution in [-0.4, -0.2) is 43.5 Å². The Bertz CT molecular complexity index is 723. The van der Waals surface area contributed by atoms with Gasteiger partial charge in [-0.1, -0.05) is 18.5 Å². The van der Waals surface area contributed by atoms with Crippen LogP contribution in [0.4, 0.5) is 11.4 Å². The van der Waals surface area contributed by atoms with E-state index in [9.17, 15) is 4.79 Å². The number of aryl methyl sites for hydroxylation is 1. The lowest BCUT2D eigenvalue weighted by Crippen LogP contribution is -2.46. The average Bonchev–Trinajstić information content (AvgIpc) is 3.03. The first kappa shape index (κ1) is 17.3. The van der Waals surface area contributed by atoms with E-state index in [0.29, 0.717) is 9.21 Å². The van der Waals surface area contributed by atoms with Crippen molar-refractivity contribution in [3.05, 3.63) is 45.1 Å². The Kier molecular flexibility index (Phi) is 5.43. The van der Waals surface area contributed by atoms with Gasteiger partial charge in [-0.25, -0.2) is 0 Å². The van der Waals surface area contributed by atoms with Crippen LogP contribution in [0.1, 0.15) is 22.2 Å². The van der Waals surface area contributed by atoms with Crippen molar-refractivity contribution in [2.45, 2.75) is 13.8 Å². The zero-order valence-electron chi connectivity index (χ0n) is 14.0. The van der Waals surface area contributed by atoms with E-state index in [1.165, 1.54) is 17.0 Å². The summed E-state index contributed by atoms with van der Waals surface area (Å²) in [6.07, 6.45) is 0. The molecule has 24 heavy (non-hydrogen) atoms. The van der Waals surface area contributed by atoms with E-state index < -0.39 is 0 Å². The van der Waals surface area contributed by atoms with Crippen molar-refractivity contribution in [3.8, 4) is 0 Å². The van der Waals surface area contributed by atoms with Gasteiger partial charge in [0.25, 0.3) is 5.91 Å². The molecule has 0 saturated carbocycles. The molecular formula is C18H22ClN3OS. The quantitative estimate of drug-likeness (QED) is 0.888. The normalized spacial score (nSPS) is 15.5. The predicted molar refractivity (Wildman–Crippen MR) is 103 cm³/mol. The molecular weight excluding hydrogens is 342 g/mol. The fourth-order valence-corrected chi connectivity index (χ4v) is 3.87. The second-order valence-electron chi connectivity index (χ2n) is 5.98. The molecule has 0 aliphatic carbocycles. The molecule has 1 aromatic carbocycles. The number of hydrogen-bond donors (Lipinski definition) is 1. The Hall–Kier alpha value is -1.56. The number of piperazine rings is 1. The number of halogens is 1. The molecule has 1 saturated heterocycles. The largest absolute Gasteiger partial charge is 0.369 e. The molecule has 0 bridgehead atoms. The molecule has 2 aromatic rings. The fraction of sp³-hybridized carbons (Fsp3) is 0.389. The highest BCUT2D eigenvalue weighted by atomic mass is 35.5. The smallest absolute Gasteiger partial charge is 0.265 e. The predicted octanol–water partition coefficient (Wildman–Crippen LogP) is 4.10. The number of carbonyl (C=O) groups is 1. The summed E-state index contributed by atoms with van der Waals surface area (Å²) in [5.41, 5.74) is 3.14. The maximum absolute atomic E-state index is 12.3. The molecule has 2 heterocycles. The number of amides is 1. The van der Waals surface area contributed by atoms with E-state index >= 15 is 0 Å². The summed E-state index contributed by atoms with van der Waals surface area (Å²) in [5, 5.41) is 2.97. The number of hydrogen-bond acceptors (Lipinski definition) is 4. The summed E-state index contributed by atoms with van der Waals surface area (Å²) in [6, 6.07) is 9.72. The van der Waals surface area contributed by atoms with Gasteiger partial charge >= 0.3 is 0 Å². The number of carbonyl (C=O) groups excluding carboxylic acids is 1. The molecule has 0 spiro atoms. The Morgan fingerprint density at radius 1 is 1.21 bits per heavy atom. The van der Waals surface area contributed by atoms with Crippen LogP contribution in [0.25, 0.3) is 0 Å². The molecule has 128 valence electrons. The third kappa shape index (κ3) is 3.91. The number of likely N-dealkylation sites (N-methyl/N-ethyl adjacent to an activating group) is 1. The molecule has 1 aromatic heterocycles. The van der Waals surface area contributed by atoms with Crippen molar-refractivity contribution in [3.63, 3.8) is 0 Å². The molecule has 0 radical (unpaired) electrons. The molecule has 0 atom stereocenters. The molecule has 1 aliphatic rings. The third-order valence-corrected chi connectivity index (χ3v) is 5.67. The van der Waals surface area contributed by atoms with Crippen molar-refractivity contribution < 1.29 is 4.79 Å². The third-order valence-electron chi connectivity index (χ3n) is 4.44. The Morgan fingerprint density at radius 2 is 1.96 bits per heavy atom. The SMILES string of the molecule is CCN1CCN(c2ccc(NC(=O)c3ccc(Cl)s3)c(C)c2)CC1. The van der Waals surface area contributed by atoms with Gasteiger partial charge in [0.15, 0.2) is 0 Å². The van der Waals surface area contributed by atoms with Crippen LogP contribution in [0.15, 0.2) is 30.3 Å². The maximum atomic E-state index is 12.3. The van der Waals surface area contributed by atoms with E-state index in [-0.39, 0.29) is 5.91 Å². The first-order chi connectivity index (χ1) is 11.6. The van der Waals surface area contributed by atoms with Crippen molar-refractivity contribution in [1.82, 2.24) is 4.90 Å².